The largest absolute Gasteiger partial charge is 0.466 e. The lowest BCUT2D eigenvalue weighted by molar-refractivity contribution is -0.150. The van der Waals surface area contributed by atoms with E-state index < -0.39 is 23.5 Å². The second-order valence-electron chi connectivity index (χ2n) is 9.11. The van der Waals surface area contributed by atoms with Crippen molar-refractivity contribution in [2.24, 2.45) is 0 Å². The molecule has 1 atom stereocenters. The van der Waals surface area contributed by atoms with Crippen LogP contribution in [0, 0.1) is 0 Å². The number of allylic oxidation sites excluding steroid dienone is 2. The highest BCUT2D eigenvalue weighted by Gasteiger charge is 2.41. The molecule has 3 rings (SSSR count). The van der Waals surface area contributed by atoms with E-state index in [0.29, 0.717) is 22.5 Å². The van der Waals surface area contributed by atoms with Gasteiger partial charge in [-0.15, -0.1) is 0 Å². The number of nitrogens with one attached hydrogen (secondary N) is 1. The maximum absolute atomic E-state index is 13.4. The Balaban J connectivity index is 2.36. The quantitative estimate of drug-likeness (QED) is 0.739. The first-order chi connectivity index (χ1) is 14.5. The molecule has 1 aliphatic heterocycles. The first-order valence-electron chi connectivity index (χ1n) is 10.4. The van der Waals surface area contributed by atoms with Gasteiger partial charge in [-0.05, 0) is 52.7 Å². The molecule has 0 fully saturated rings. The van der Waals surface area contributed by atoms with Crippen LogP contribution in [0.25, 0.3) is 5.52 Å². The summed E-state index contributed by atoms with van der Waals surface area (Å²) in [6, 6.07) is 5.76. The lowest BCUT2D eigenvalue weighted by Crippen LogP contribution is -2.35. The third-order valence-corrected chi connectivity index (χ3v) is 5.23. The SMILES string of the molecule is COC(=O)C1=C(C)NC(C)=C(C(=O)OC(C)(C)C)C1c1c(C(C)C)nn2ccccc12. The number of hydrogen-bond donors (Lipinski definition) is 1. The molecular formula is C24H31N3O4. The first kappa shape index (κ1) is 22.6. The number of esters is 2. The van der Waals surface area contributed by atoms with Gasteiger partial charge >= 0.3 is 11.9 Å². The highest BCUT2D eigenvalue weighted by Crippen LogP contribution is 2.44. The van der Waals surface area contributed by atoms with Crippen molar-refractivity contribution in [3.8, 4) is 0 Å². The number of rotatable bonds is 4. The second kappa shape index (κ2) is 8.21. The van der Waals surface area contributed by atoms with Crippen molar-refractivity contribution in [3.63, 3.8) is 0 Å². The van der Waals surface area contributed by atoms with Crippen LogP contribution in [0.5, 0.6) is 0 Å². The van der Waals surface area contributed by atoms with Gasteiger partial charge in [0.15, 0.2) is 0 Å². The van der Waals surface area contributed by atoms with E-state index in [0.717, 1.165) is 16.8 Å². The fourth-order valence-corrected chi connectivity index (χ4v) is 4.03. The number of methoxy groups -OCH3 is 1. The van der Waals surface area contributed by atoms with Crippen LogP contribution in [-0.4, -0.2) is 34.3 Å². The minimum Gasteiger partial charge on any atom is -0.466 e. The molecule has 7 nitrogen and oxygen atoms in total. The van der Waals surface area contributed by atoms with Crippen molar-refractivity contribution in [1.29, 1.82) is 0 Å². The van der Waals surface area contributed by atoms with Gasteiger partial charge < -0.3 is 14.8 Å². The summed E-state index contributed by atoms with van der Waals surface area (Å²) in [6.07, 6.45) is 1.86. The van der Waals surface area contributed by atoms with Crippen LogP contribution < -0.4 is 5.32 Å². The van der Waals surface area contributed by atoms with Gasteiger partial charge in [0, 0.05) is 23.2 Å². The Kier molecular flexibility index (Phi) is 5.98. The zero-order chi connectivity index (χ0) is 23.1. The van der Waals surface area contributed by atoms with E-state index in [-0.39, 0.29) is 5.92 Å². The summed E-state index contributed by atoms with van der Waals surface area (Å²) in [4.78, 5) is 26.3. The summed E-state index contributed by atoms with van der Waals surface area (Å²) in [5.74, 6) is -1.56. The number of carbonyl (C=O) groups is 2. The molecule has 1 unspecified atom stereocenters. The Morgan fingerprint density at radius 3 is 2.26 bits per heavy atom. The number of ether oxygens (including phenoxy) is 2. The molecule has 0 aliphatic carbocycles. The molecule has 2 aromatic heterocycles. The van der Waals surface area contributed by atoms with Gasteiger partial charge in [0.1, 0.15) is 5.60 Å². The van der Waals surface area contributed by atoms with Crippen LogP contribution in [-0.2, 0) is 19.1 Å². The molecule has 1 N–H and O–H groups in total. The fraction of sp³-hybridized carbons (Fsp3) is 0.458. The third kappa shape index (κ3) is 4.22. The van der Waals surface area contributed by atoms with Gasteiger partial charge in [-0.2, -0.15) is 5.10 Å². The molecule has 0 bridgehead atoms. The normalized spacial score (nSPS) is 17.3. The topological polar surface area (TPSA) is 81.9 Å². The molecule has 7 heteroatoms. The molecule has 0 aromatic carbocycles. The van der Waals surface area contributed by atoms with Gasteiger partial charge in [-0.1, -0.05) is 19.9 Å². The Labute approximate surface area is 183 Å². The number of carbonyl (C=O) groups excluding carboxylic acids is 2. The van der Waals surface area contributed by atoms with Crippen LogP contribution in [0.2, 0.25) is 0 Å². The maximum atomic E-state index is 13.4. The van der Waals surface area contributed by atoms with E-state index in [1.807, 2.05) is 72.9 Å². The standard InChI is InChI=1S/C24H31N3O4/c1-13(2)21-19(16-11-9-10-12-27(16)26-21)20-17(22(28)30-8)14(3)25-15(4)18(20)23(29)31-24(5,6)7/h9-13,20,25H,1-8H3. The first-order valence-corrected chi connectivity index (χ1v) is 10.4. The van der Waals surface area contributed by atoms with Crippen molar-refractivity contribution < 1.29 is 19.1 Å². The number of nitrogens with zero attached hydrogens (tertiary/aromatic N) is 2. The monoisotopic (exact) mass is 425 g/mol. The van der Waals surface area contributed by atoms with Crippen LogP contribution in [0.3, 0.4) is 0 Å². The highest BCUT2D eigenvalue weighted by molar-refractivity contribution is 6.00. The summed E-state index contributed by atoms with van der Waals surface area (Å²) in [7, 11) is 1.34. The van der Waals surface area contributed by atoms with Gasteiger partial charge in [0.05, 0.1) is 35.4 Å². The number of hydrogen-bond acceptors (Lipinski definition) is 6. The third-order valence-electron chi connectivity index (χ3n) is 5.23. The zero-order valence-corrected chi connectivity index (χ0v) is 19.5. The van der Waals surface area contributed by atoms with Crippen molar-refractivity contribution >= 4 is 17.5 Å². The molecule has 166 valence electrons. The predicted octanol–water partition coefficient (Wildman–Crippen LogP) is 4.21. The molecule has 2 aromatic rings. The predicted molar refractivity (Wildman–Crippen MR) is 118 cm³/mol. The van der Waals surface area contributed by atoms with Gasteiger partial charge in [-0.3, -0.25) is 0 Å². The van der Waals surface area contributed by atoms with Crippen LogP contribution in [0.15, 0.2) is 46.9 Å². The smallest absolute Gasteiger partial charge is 0.337 e. The average molecular weight is 426 g/mol. The van der Waals surface area contributed by atoms with E-state index >= 15 is 0 Å². The van der Waals surface area contributed by atoms with E-state index in [1.54, 1.807) is 4.52 Å². The molecule has 0 spiro atoms. The fourth-order valence-electron chi connectivity index (χ4n) is 4.03. The van der Waals surface area contributed by atoms with Crippen molar-refractivity contribution in [3.05, 3.63) is 58.2 Å². The Bertz CT molecular complexity index is 1100. The second-order valence-corrected chi connectivity index (χ2v) is 9.11. The maximum Gasteiger partial charge on any atom is 0.337 e. The lowest BCUT2D eigenvalue weighted by atomic mass is 9.78. The van der Waals surface area contributed by atoms with E-state index in [1.165, 1.54) is 7.11 Å². The van der Waals surface area contributed by atoms with Crippen LogP contribution in [0.1, 0.15) is 71.6 Å². The number of fused-ring (bicyclic) bond motifs is 1. The van der Waals surface area contributed by atoms with Crippen molar-refractivity contribution in [1.82, 2.24) is 14.9 Å². The van der Waals surface area contributed by atoms with Crippen molar-refractivity contribution in [2.75, 3.05) is 7.11 Å². The summed E-state index contributed by atoms with van der Waals surface area (Å²) in [6.45, 7) is 13.2. The van der Waals surface area contributed by atoms with Gasteiger partial charge in [0.25, 0.3) is 0 Å². The Morgan fingerprint density at radius 2 is 1.71 bits per heavy atom. The molecule has 31 heavy (non-hydrogen) atoms. The molecule has 1 aliphatic rings. The molecule has 0 amide bonds. The number of pyridine rings is 1. The van der Waals surface area contributed by atoms with E-state index in [9.17, 15) is 9.59 Å². The van der Waals surface area contributed by atoms with Gasteiger partial charge in [0.2, 0.25) is 0 Å². The van der Waals surface area contributed by atoms with E-state index in [4.69, 9.17) is 14.6 Å². The van der Waals surface area contributed by atoms with E-state index in [2.05, 4.69) is 5.32 Å². The minimum absolute atomic E-state index is 0.0733. The average Bonchev–Trinajstić information content (AvgIpc) is 3.05. The lowest BCUT2D eigenvalue weighted by Gasteiger charge is -2.32. The molecule has 3 heterocycles. The number of dihydropyridines is 1. The van der Waals surface area contributed by atoms with Crippen LogP contribution >= 0.6 is 0 Å². The minimum atomic E-state index is -0.682. The highest BCUT2D eigenvalue weighted by atomic mass is 16.6. The Morgan fingerprint density at radius 1 is 1.10 bits per heavy atom. The zero-order valence-electron chi connectivity index (χ0n) is 19.5. The summed E-state index contributed by atoms with van der Waals surface area (Å²) in [5, 5.41) is 7.95. The molecule has 0 radical (unpaired) electrons. The molecule has 0 saturated heterocycles. The van der Waals surface area contributed by atoms with Crippen molar-refractivity contribution in [2.45, 2.75) is 65.9 Å². The summed E-state index contributed by atoms with van der Waals surface area (Å²) in [5.41, 5.74) is 3.86. The Hall–Kier alpha value is -3.09. The molecule has 0 saturated carbocycles. The molecular weight excluding hydrogens is 394 g/mol. The number of aromatic nitrogens is 2. The summed E-state index contributed by atoms with van der Waals surface area (Å²) >= 11 is 0. The van der Waals surface area contributed by atoms with Gasteiger partial charge in [-0.25, -0.2) is 14.1 Å². The van der Waals surface area contributed by atoms with Crippen LogP contribution in [0.4, 0.5) is 0 Å². The summed E-state index contributed by atoms with van der Waals surface area (Å²) < 4.78 is 12.7.